The monoisotopic (exact) mass is 387 g/mol. The van der Waals surface area contributed by atoms with Crippen LogP contribution in [-0.4, -0.2) is 62.3 Å². The maximum Gasteiger partial charge on any atom is 0.191 e. The Hall–Kier alpha value is -1.96. The number of pyridine rings is 1. The molecular formula is C20H29N5OS. The molecule has 1 atom stereocenters. The van der Waals surface area contributed by atoms with E-state index < -0.39 is 0 Å². The molecule has 6 nitrogen and oxygen atoms in total. The Bertz CT molecular complexity index is 713. The summed E-state index contributed by atoms with van der Waals surface area (Å²) < 4.78 is 5.52. The first-order valence-electron chi connectivity index (χ1n) is 9.47. The SMILES string of the molecule is CN=C(NCCc1ccncc1C)NCC(c1cccs1)N1CCOCC1. The van der Waals surface area contributed by atoms with Gasteiger partial charge >= 0.3 is 0 Å². The Morgan fingerprint density at radius 1 is 1.33 bits per heavy atom. The van der Waals surface area contributed by atoms with Gasteiger partial charge in [-0.25, -0.2) is 0 Å². The van der Waals surface area contributed by atoms with Gasteiger partial charge in [-0.15, -0.1) is 11.3 Å². The predicted octanol–water partition coefficient (Wildman–Crippen LogP) is 2.23. The van der Waals surface area contributed by atoms with Crippen molar-refractivity contribution in [3.63, 3.8) is 0 Å². The Morgan fingerprint density at radius 2 is 2.19 bits per heavy atom. The number of morpholine rings is 1. The van der Waals surface area contributed by atoms with E-state index in [4.69, 9.17) is 4.74 Å². The normalized spacial score (nSPS) is 16.9. The molecule has 1 unspecified atom stereocenters. The van der Waals surface area contributed by atoms with Gasteiger partial charge in [-0.05, 0) is 42.0 Å². The average Bonchev–Trinajstić information content (AvgIpc) is 3.23. The first-order valence-corrected chi connectivity index (χ1v) is 10.3. The van der Waals surface area contributed by atoms with Crippen molar-refractivity contribution in [3.05, 3.63) is 52.0 Å². The maximum atomic E-state index is 5.52. The first-order chi connectivity index (χ1) is 13.3. The lowest BCUT2D eigenvalue weighted by Crippen LogP contribution is -2.46. The molecule has 27 heavy (non-hydrogen) atoms. The number of nitrogens with zero attached hydrogens (tertiary/aromatic N) is 3. The van der Waals surface area contributed by atoms with Crippen molar-refractivity contribution in [2.24, 2.45) is 4.99 Å². The van der Waals surface area contributed by atoms with Gasteiger partial charge < -0.3 is 15.4 Å². The van der Waals surface area contributed by atoms with Crippen LogP contribution in [0.4, 0.5) is 0 Å². The summed E-state index contributed by atoms with van der Waals surface area (Å²) in [5.41, 5.74) is 2.55. The van der Waals surface area contributed by atoms with E-state index in [0.717, 1.165) is 51.8 Å². The third kappa shape index (κ3) is 5.76. The Balaban J connectivity index is 1.52. The van der Waals surface area contributed by atoms with Crippen molar-refractivity contribution in [1.82, 2.24) is 20.5 Å². The van der Waals surface area contributed by atoms with Crippen LogP contribution in [0.15, 0.2) is 41.0 Å². The van der Waals surface area contributed by atoms with Crippen LogP contribution in [0.5, 0.6) is 0 Å². The van der Waals surface area contributed by atoms with E-state index in [2.05, 4.69) is 56.0 Å². The number of rotatable bonds is 7. The summed E-state index contributed by atoms with van der Waals surface area (Å²) in [6, 6.07) is 6.76. The molecule has 0 amide bonds. The van der Waals surface area contributed by atoms with Crippen molar-refractivity contribution >= 4 is 17.3 Å². The summed E-state index contributed by atoms with van der Waals surface area (Å²) in [6.45, 7) is 7.32. The molecule has 0 aliphatic carbocycles. The van der Waals surface area contributed by atoms with Crippen LogP contribution < -0.4 is 10.6 Å². The van der Waals surface area contributed by atoms with Crippen LogP contribution in [-0.2, 0) is 11.2 Å². The topological polar surface area (TPSA) is 61.8 Å². The molecule has 1 aliphatic rings. The number of ether oxygens (including phenoxy) is 1. The van der Waals surface area contributed by atoms with Crippen LogP contribution in [0, 0.1) is 6.92 Å². The van der Waals surface area contributed by atoms with E-state index in [-0.39, 0.29) is 0 Å². The molecule has 1 saturated heterocycles. The zero-order chi connectivity index (χ0) is 18.9. The van der Waals surface area contributed by atoms with Gasteiger partial charge in [0.25, 0.3) is 0 Å². The Kier molecular flexibility index (Phi) is 7.62. The minimum absolute atomic E-state index is 0.342. The van der Waals surface area contributed by atoms with Crippen LogP contribution >= 0.6 is 11.3 Å². The van der Waals surface area contributed by atoms with Crippen molar-refractivity contribution in [3.8, 4) is 0 Å². The van der Waals surface area contributed by atoms with Crippen LogP contribution in [0.2, 0.25) is 0 Å². The Morgan fingerprint density at radius 3 is 2.89 bits per heavy atom. The second-order valence-corrected chi connectivity index (χ2v) is 7.59. The summed E-state index contributed by atoms with van der Waals surface area (Å²) in [5, 5.41) is 9.08. The summed E-state index contributed by atoms with van der Waals surface area (Å²) in [5.74, 6) is 0.844. The van der Waals surface area contributed by atoms with Gasteiger partial charge in [0.05, 0.1) is 19.3 Å². The molecule has 3 heterocycles. The van der Waals surface area contributed by atoms with E-state index in [0.29, 0.717) is 6.04 Å². The minimum atomic E-state index is 0.342. The molecule has 0 bridgehead atoms. The lowest BCUT2D eigenvalue weighted by molar-refractivity contribution is 0.0177. The molecule has 0 saturated carbocycles. The third-order valence-corrected chi connectivity index (χ3v) is 5.84. The molecule has 2 N–H and O–H groups in total. The first kappa shape index (κ1) is 19.8. The van der Waals surface area contributed by atoms with Crippen molar-refractivity contribution in [1.29, 1.82) is 0 Å². The van der Waals surface area contributed by atoms with Gasteiger partial charge in [0.1, 0.15) is 0 Å². The highest BCUT2D eigenvalue weighted by molar-refractivity contribution is 7.10. The van der Waals surface area contributed by atoms with Crippen LogP contribution in [0.3, 0.4) is 0 Å². The minimum Gasteiger partial charge on any atom is -0.379 e. The number of aryl methyl sites for hydroxylation is 1. The molecular weight excluding hydrogens is 358 g/mol. The summed E-state index contributed by atoms with van der Waals surface area (Å²) >= 11 is 1.81. The summed E-state index contributed by atoms with van der Waals surface area (Å²) in [4.78, 5) is 12.4. The van der Waals surface area contributed by atoms with E-state index in [9.17, 15) is 0 Å². The second-order valence-electron chi connectivity index (χ2n) is 6.61. The quantitative estimate of drug-likeness (QED) is 0.564. The third-order valence-electron chi connectivity index (χ3n) is 4.87. The maximum absolute atomic E-state index is 5.52. The molecule has 3 rings (SSSR count). The highest BCUT2D eigenvalue weighted by Gasteiger charge is 2.23. The van der Waals surface area contributed by atoms with Gasteiger partial charge in [0.2, 0.25) is 0 Å². The molecule has 0 spiro atoms. The lowest BCUT2D eigenvalue weighted by atomic mass is 10.1. The molecule has 0 radical (unpaired) electrons. The molecule has 1 aliphatic heterocycles. The van der Waals surface area contributed by atoms with Crippen molar-refractivity contribution in [2.45, 2.75) is 19.4 Å². The predicted molar refractivity (Wildman–Crippen MR) is 111 cm³/mol. The fourth-order valence-electron chi connectivity index (χ4n) is 3.29. The number of aromatic nitrogens is 1. The number of nitrogens with one attached hydrogen (secondary N) is 2. The number of guanidine groups is 1. The molecule has 146 valence electrons. The summed E-state index contributed by atoms with van der Waals surface area (Å²) in [6.07, 6.45) is 4.71. The lowest BCUT2D eigenvalue weighted by Gasteiger charge is -2.34. The fourth-order valence-corrected chi connectivity index (χ4v) is 4.15. The zero-order valence-corrected chi connectivity index (χ0v) is 17.0. The smallest absolute Gasteiger partial charge is 0.191 e. The van der Waals surface area contributed by atoms with Gasteiger partial charge in [-0.1, -0.05) is 6.07 Å². The van der Waals surface area contributed by atoms with Gasteiger partial charge in [-0.3, -0.25) is 14.9 Å². The fraction of sp³-hybridized carbons (Fsp3) is 0.500. The number of aliphatic imine (C=N–C) groups is 1. The van der Waals surface area contributed by atoms with Gasteiger partial charge in [-0.2, -0.15) is 0 Å². The average molecular weight is 388 g/mol. The van der Waals surface area contributed by atoms with Crippen LogP contribution in [0.1, 0.15) is 22.0 Å². The highest BCUT2D eigenvalue weighted by Crippen LogP contribution is 2.25. The number of thiophene rings is 1. The molecule has 2 aromatic heterocycles. The molecule has 2 aromatic rings. The van der Waals surface area contributed by atoms with E-state index in [1.807, 2.05) is 30.8 Å². The molecule has 1 fully saturated rings. The molecule has 7 heteroatoms. The standard InChI is InChI=1S/C20H29N5OS/c1-16-14-22-7-5-17(16)6-8-23-20(21-2)24-15-18(19-4-3-13-27-19)25-9-11-26-12-10-25/h3-5,7,13-14,18H,6,8-12,15H2,1-2H3,(H2,21,23,24). The number of hydrogen-bond acceptors (Lipinski definition) is 5. The van der Waals surface area contributed by atoms with Gasteiger partial charge in [0.15, 0.2) is 5.96 Å². The second kappa shape index (κ2) is 10.4. The zero-order valence-electron chi connectivity index (χ0n) is 16.1. The molecule has 0 aromatic carbocycles. The van der Waals surface area contributed by atoms with E-state index in [1.54, 1.807) is 0 Å². The van der Waals surface area contributed by atoms with Crippen molar-refractivity contribution in [2.75, 3.05) is 46.4 Å². The van der Waals surface area contributed by atoms with E-state index >= 15 is 0 Å². The summed E-state index contributed by atoms with van der Waals surface area (Å²) in [7, 11) is 1.82. The Labute approximate surface area is 165 Å². The highest BCUT2D eigenvalue weighted by atomic mass is 32.1. The van der Waals surface area contributed by atoms with Crippen molar-refractivity contribution < 1.29 is 4.74 Å². The van der Waals surface area contributed by atoms with Gasteiger partial charge in [0, 0.05) is 50.5 Å². The van der Waals surface area contributed by atoms with Crippen LogP contribution in [0.25, 0.3) is 0 Å². The van der Waals surface area contributed by atoms with E-state index in [1.165, 1.54) is 16.0 Å². The largest absolute Gasteiger partial charge is 0.379 e. The number of hydrogen-bond donors (Lipinski definition) is 2.